The number of nitrogens with one attached hydrogen (secondary N) is 1. The van der Waals surface area contributed by atoms with Crippen molar-refractivity contribution in [2.24, 2.45) is 0 Å². The molecular formula is C22H17ClF2N2O. The molecule has 3 nitrogen and oxygen atoms in total. The molecule has 1 heterocycles. The van der Waals surface area contributed by atoms with Crippen LogP contribution in [0.2, 0.25) is 5.15 Å². The van der Waals surface area contributed by atoms with Crippen LogP contribution in [0.25, 0.3) is 17.2 Å². The summed E-state index contributed by atoms with van der Waals surface area (Å²) >= 11 is 5.82. The number of halogens is 3. The first-order chi connectivity index (χ1) is 13.4. The molecule has 0 aliphatic heterocycles. The van der Waals surface area contributed by atoms with Gasteiger partial charge in [0.25, 0.3) is 0 Å². The topological polar surface area (TPSA) is 42.0 Å². The van der Waals surface area contributed by atoms with Gasteiger partial charge in [0.2, 0.25) is 5.91 Å². The summed E-state index contributed by atoms with van der Waals surface area (Å²) in [7, 11) is 0. The maximum absolute atomic E-state index is 13.6. The summed E-state index contributed by atoms with van der Waals surface area (Å²) in [5, 5.41) is 3.23. The van der Waals surface area contributed by atoms with Gasteiger partial charge in [0, 0.05) is 23.4 Å². The highest BCUT2D eigenvalue weighted by molar-refractivity contribution is 6.29. The zero-order valence-electron chi connectivity index (χ0n) is 15.0. The zero-order chi connectivity index (χ0) is 20.1. The van der Waals surface area contributed by atoms with Gasteiger partial charge in [-0.1, -0.05) is 29.8 Å². The molecule has 0 saturated carbocycles. The van der Waals surface area contributed by atoms with Crippen molar-refractivity contribution in [3.8, 4) is 11.1 Å². The van der Waals surface area contributed by atoms with Crippen LogP contribution >= 0.6 is 11.6 Å². The summed E-state index contributed by atoms with van der Waals surface area (Å²) in [4.78, 5) is 16.2. The van der Waals surface area contributed by atoms with Crippen molar-refractivity contribution in [3.05, 3.63) is 94.8 Å². The van der Waals surface area contributed by atoms with Crippen LogP contribution < -0.4 is 5.32 Å². The molecule has 28 heavy (non-hydrogen) atoms. The van der Waals surface area contributed by atoms with E-state index in [9.17, 15) is 13.6 Å². The van der Waals surface area contributed by atoms with Crippen LogP contribution in [0.15, 0.2) is 66.9 Å². The van der Waals surface area contributed by atoms with Crippen LogP contribution in [-0.4, -0.2) is 10.9 Å². The van der Waals surface area contributed by atoms with Crippen LogP contribution in [0.3, 0.4) is 0 Å². The first-order valence-electron chi connectivity index (χ1n) is 8.58. The number of carbonyl (C=O) groups is 1. The van der Waals surface area contributed by atoms with Gasteiger partial charge in [-0.2, -0.15) is 0 Å². The minimum atomic E-state index is -0.595. The van der Waals surface area contributed by atoms with Gasteiger partial charge >= 0.3 is 0 Å². The number of aromatic nitrogens is 1. The highest BCUT2D eigenvalue weighted by Crippen LogP contribution is 2.23. The molecule has 0 bridgehead atoms. The minimum Gasteiger partial charge on any atom is -0.346 e. The lowest BCUT2D eigenvalue weighted by Gasteiger charge is -2.14. The Kier molecular flexibility index (Phi) is 6.16. The van der Waals surface area contributed by atoms with Crippen LogP contribution in [0.5, 0.6) is 0 Å². The van der Waals surface area contributed by atoms with E-state index in [4.69, 9.17) is 11.6 Å². The second kappa shape index (κ2) is 8.76. The molecule has 1 amide bonds. The molecule has 1 aromatic heterocycles. The smallest absolute Gasteiger partial charge is 0.244 e. The number of amides is 1. The molecule has 0 aliphatic carbocycles. The largest absolute Gasteiger partial charge is 0.346 e. The third-order valence-corrected chi connectivity index (χ3v) is 4.40. The van der Waals surface area contributed by atoms with Crippen LogP contribution in [0.1, 0.15) is 24.1 Å². The molecule has 0 unspecified atom stereocenters. The van der Waals surface area contributed by atoms with Crippen molar-refractivity contribution in [1.29, 1.82) is 0 Å². The highest BCUT2D eigenvalue weighted by atomic mass is 35.5. The van der Waals surface area contributed by atoms with Gasteiger partial charge in [-0.15, -0.1) is 0 Å². The SMILES string of the molecule is C[C@H](NC(=O)C=Cc1cc(F)ccc1F)c1cccc(-c2ccc(Cl)nc2)c1. The third-order valence-electron chi connectivity index (χ3n) is 4.18. The highest BCUT2D eigenvalue weighted by Gasteiger charge is 2.09. The van der Waals surface area contributed by atoms with Crippen molar-refractivity contribution < 1.29 is 13.6 Å². The minimum absolute atomic E-state index is 0.0139. The Labute approximate surface area is 166 Å². The first-order valence-corrected chi connectivity index (χ1v) is 8.95. The fourth-order valence-corrected chi connectivity index (χ4v) is 2.80. The fourth-order valence-electron chi connectivity index (χ4n) is 2.69. The Bertz CT molecular complexity index is 1020. The summed E-state index contributed by atoms with van der Waals surface area (Å²) in [6.45, 7) is 1.84. The predicted molar refractivity (Wildman–Crippen MR) is 107 cm³/mol. The number of nitrogens with zero attached hydrogens (tertiary/aromatic N) is 1. The van der Waals surface area contributed by atoms with Crippen molar-refractivity contribution in [2.75, 3.05) is 0 Å². The Morgan fingerprint density at radius 1 is 1.11 bits per heavy atom. The Balaban J connectivity index is 1.70. The fraction of sp³-hybridized carbons (Fsp3) is 0.0909. The Morgan fingerprint density at radius 2 is 1.93 bits per heavy atom. The third kappa shape index (κ3) is 5.02. The molecule has 0 aliphatic rings. The first kappa shape index (κ1) is 19.7. The lowest BCUT2D eigenvalue weighted by atomic mass is 10.0. The van der Waals surface area contributed by atoms with E-state index < -0.39 is 17.5 Å². The average molecular weight is 399 g/mol. The van der Waals surface area contributed by atoms with Crippen molar-refractivity contribution in [1.82, 2.24) is 10.3 Å². The normalized spacial score (nSPS) is 12.1. The van der Waals surface area contributed by atoms with E-state index in [0.717, 1.165) is 34.9 Å². The van der Waals surface area contributed by atoms with Gasteiger partial charge in [0.1, 0.15) is 16.8 Å². The molecule has 1 atom stereocenters. The monoisotopic (exact) mass is 398 g/mol. The van der Waals surface area contributed by atoms with Crippen LogP contribution in [-0.2, 0) is 4.79 Å². The zero-order valence-corrected chi connectivity index (χ0v) is 15.8. The summed E-state index contributed by atoms with van der Waals surface area (Å²) in [5.74, 6) is -1.57. The van der Waals surface area contributed by atoms with Gasteiger partial charge in [-0.25, -0.2) is 13.8 Å². The van der Waals surface area contributed by atoms with Gasteiger partial charge in [0.15, 0.2) is 0 Å². The van der Waals surface area contributed by atoms with E-state index in [1.165, 1.54) is 12.2 Å². The van der Waals surface area contributed by atoms with Crippen molar-refractivity contribution in [3.63, 3.8) is 0 Å². The van der Waals surface area contributed by atoms with E-state index in [2.05, 4.69) is 10.3 Å². The average Bonchev–Trinajstić information content (AvgIpc) is 2.69. The van der Waals surface area contributed by atoms with Crippen molar-refractivity contribution >= 4 is 23.6 Å². The molecular weight excluding hydrogens is 382 g/mol. The molecule has 142 valence electrons. The molecule has 0 saturated heterocycles. The number of rotatable bonds is 5. The number of carbonyl (C=O) groups excluding carboxylic acids is 1. The summed E-state index contributed by atoms with van der Waals surface area (Å²) in [6.07, 6.45) is 4.11. The molecule has 2 aromatic carbocycles. The Morgan fingerprint density at radius 3 is 2.68 bits per heavy atom. The Hall–Kier alpha value is -3.05. The second-order valence-electron chi connectivity index (χ2n) is 6.22. The van der Waals surface area contributed by atoms with Gasteiger partial charge in [-0.05, 0) is 60.5 Å². The maximum atomic E-state index is 13.6. The number of hydrogen-bond donors (Lipinski definition) is 1. The van der Waals surface area contributed by atoms with E-state index in [1.54, 1.807) is 12.3 Å². The summed E-state index contributed by atoms with van der Waals surface area (Å²) in [6, 6.07) is 14.1. The quantitative estimate of drug-likeness (QED) is 0.451. The molecule has 3 rings (SSSR count). The molecule has 1 N–H and O–H groups in total. The molecule has 0 fully saturated rings. The summed E-state index contributed by atoms with van der Waals surface area (Å²) in [5.41, 5.74) is 2.76. The van der Waals surface area contributed by atoms with Crippen LogP contribution in [0.4, 0.5) is 8.78 Å². The molecule has 6 heteroatoms. The molecule has 3 aromatic rings. The lowest BCUT2D eigenvalue weighted by Crippen LogP contribution is -2.24. The molecule has 0 radical (unpaired) electrons. The van der Waals surface area contributed by atoms with Crippen LogP contribution in [0, 0.1) is 11.6 Å². The van der Waals surface area contributed by atoms with Crippen molar-refractivity contribution in [2.45, 2.75) is 13.0 Å². The summed E-state index contributed by atoms with van der Waals surface area (Å²) < 4.78 is 26.8. The second-order valence-corrected chi connectivity index (χ2v) is 6.61. The lowest BCUT2D eigenvalue weighted by molar-refractivity contribution is -0.117. The van der Waals surface area contributed by atoms with E-state index in [1.807, 2.05) is 37.3 Å². The number of benzene rings is 2. The number of hydrogen-bond acceptors (Lipinski definition) is 2. The maximum Gasteiger partial charge on any atom is 0.244 e. The van der Waals surface area contributed by atoms with E-state index in [0.29, 0.717) is 5.15 Å². The van der Waals surface area contributed by atoms with Gasteiger partial charge in [0.05, 0.1) is 6.04 Å². The predicted octanol–water partition coefficient (Wildman–Crippen LogP) is 5.57. The molecule has 0 spiro atoms. The van der Waals surface area contributed by atoms with Gasteiger partial charge in [-0.3, -0.25) is 4.79 Å². The standard InChI is InChI=1S/C22H17ClF2N2O/c1-14(27-22(28)10-6-17-12-19(24)7-8-20(17)25)15-3-2-4-16(11-15)18-5-9-21(23)26-13-18/h2-14H,1H3,(H,27,28)/t14-/m0/s1. The number of pyridine rings is 1. The van der Waals surface area contributed by atoms with E-state index >= 15 is 0 Å². The van der Waals surface area contributed by atoms with E-state index in [-0.39, 0.29) is 11.6 Å². The van der Waals surface area contributed by atoms with Gasteiger partial charge < -0.3 is 5.32 Å².